The molecule has 0 saturated heterocycles. The lowest BCUT2D eigenvalue weighted by Gasteiger charge is -2.09. The summed E-state index contributed by atoms with van der Waals surface area (Å²) in [6.45, 7) is 1.47. The number of hydrogen-bond donors (Lipinski definition) is 2. The van der Waals surface area contributed by atoms with E-state index in [1.807, 2.05) is 0 Å². The average molecular weight is 287 g/mol. The molecule has 1 aromatic heterocycles. The minimum atomic E-state index is -1.23. The van der Waals surface area contributed by atoms with Crippen molar-refractivity contribution in [2.45, 2.75) is 12.8 Å². The lowest BCUT2D eigenvalue weighted by atomic mass is 9.95. The van der Waals surface area contributed by atoms with Gasteiger partial charge in [-0.15, -0.1) is 0 Å². The SMILES string of the molecule is [2H]c1c([2H])c(-c2[nH]c3ccccc3c2C(C)C(=O)O)c([2H])c([2H])c1F. The summed E-state index contributed by atoms with van der Waals surface area (Å²) in [5.74, 6) is -3.29. The van der Waals surface area contributed by atoms with Crippen LogP contribution in [-0.2, 0) is 4.79 Å². The maximum Gasteiger partial charge on any atom is 0.310 e. The molecule has 1 heterocycles. The zero-order valence-corrected chi connectivity index (χ0v) is 11.1. The van der Waals surface area contributed by atoms with Gasteiger partial charge in [-0.25, -0.2) is 4.39 Å². The number of para-hydroxylation sites is 1. The first kappa shape index (κ1) is 9.34. The van der Waals surface area contributed by atoms with Gasteiger partial charge in [0.15, 0.2) is 0 Å². The molecule has 21 heavy (non-hydrogen) atoms. The summed E-state index contributed by atoms with van der Waals surface area (Å²) in [7, 11) is 0. The molecule has 2 N–H and O–H groups in total. The predicted molar refractivity (Wildman–Crippen MR) is 79.7 cm³/mol. The largest absolute Gasteiger partial charge is 0.481 e. The number of carbonyl (C=O) groups is 1. The van der Waals surface area contributed by atoms with Crippen LogP contribution in [0.15, 0.2) is 48.4 Å². The fourth-order valence-corrected chi connectivity index (χ4v) is 2.36. The Balaban J connectivity index is 2.46. The van der Waals surface area contributed by atoms with Crippen LogP contribution in [0.4, 0.5) is 4.39 Å². The highest BCUT2D eigenvalue weighted by Gasteiger charge is 2.23. The molecule has 1 unspecified atom stereocenters. The van der Waals surface area contributed by atoms with Crippen molar-refractivity contribution in [3.8, 4) is 11.3 Å². The Morgan fingerprint density at radius 2 is 1.95 bits per heavy atom. The molecule has 0 spiro atoms. The number of benzene rings is 2. The van der Waals surface area contributed by atoms with Crippen molar-refractivity contribution in [2.24, 2.45) is 0 Å². The number of nitrogens with one attached hydrogen (secondary N) is 1. The third-order valence-corrected chi connectivity index (χ3v) is 3.39. The van der Waals surface area contributed by atoms with Crippen molar-refractivity contribution in [2.75, 3.05) is 0 Å². The Labute approximate surface area is 126 Å². The van der Waals surface area contributed by atoms with Gasteiger partial charge in [-0.2, -0.15) is 0 Å². The first-order valence-corrected chi connectivity index (χ1v) is 6.35. The van der Waals surface area contributed by atoms with Gasteiger partial charge in [0.05, 0.1) is 17.1 Å². The van der Waals surface area contributed by atoms with Gasteiger partial charge in [0.1, 0.15) is 5.82 Å². The number of carboxylic acids is 1. The van der Waals surface area contributed by atoms with Gasteiger partial charge in [0.25, 0.3) is 0 Å². The highest BCUT2D eigenvalue weighted by atomic mass is 19.1. The number of rotatable bonds is 3. The second-order valence-electron chi connectivity index (χ2n) is 4.71. The van der Waals surface area contributed by atoms with Gasteiger partial charge in [-0.05, 0) is 48.3 Å². The van der Waals surface area contributed by atoms with Crippen molar-refractivity contribution < 1.29 is 19.8 Å². The molecule has 0 radical (unpaired) electrons. The Morgan fingerprint density at radius 1 is 1.29 bits per heavy atom. The minimum absolute atomic E-state index is 0.143. The Hall–Kier alpha value is -2.62. The second-order valence-corrected chi connectivity index (χ2v) is 4.71. The summed E-state index contributed by atoms with van der Waals surface area (Å²) in [5, 5.41) is 10.0. The summed E-state index contributed by atoms with van der Waals surface area (Å²) in [4.78, 5) is 14.5. The predicted octanol–water partition coefficient (Wildman–Crippen LogP) is 4.16. The first-order chi connectivity index (χ1) is 11.8. The normalized spacial score (nSPS) is 15.1. The third kappa shape index (κ3) is 2.29. The van der Waals surface area contributed by atoms with Crippen LogP contribution in [0.2, 0.25) is 0 Å². The Morgan fingerprint density at radius 3 is 2.62 bits per heavy atom. The lowest BCUT2D eigenvalue weighted by Crippen LogP contribution is -2.08. The highest BCUT2D eigenvalue weighted by molar-refractivity contribution is 5.95. The highest BCUT2D eigenvalue weighted by Crippen LogP contribution is 2.35. The van der Waals surface area contributed by atoms with Gasteiger partial charge in [0.2, 0.25) is 0 Å². The van der Waals surface area contributed by atoms with Crippen molar-refractivity contribution in [1.82, 2.24) is 4.98 Å². The number of aliphatic carboxylic acids is 1. The fraction of sp³-hybridized carbons (Fsp3) is 0.118. The van der Waals surface area contributed by atoms with Crippen molar-refractivity contribution in [3.05, 3.63) is 59.8 Å². The van der Waals surface area contributed by atoms with Gasteiger partial charge < -0.3 is 10.1 Å². The van der Waals surface area contributed by atoms with E-state index in [4.69, 9.17) is 5.48 Å². The quantitative estimate of drug-likeness (QED) is 0.760. The minimum Gasteiger partial charge on any atom is -0.481 e. The summed E-state index contributed by atoms with van der Waals surface area (Å²) >= 11 is 0. The molecule has 3 rings (SSSR count). The fourth-order valence-electron chi connectivity index (χ4n) is 2.36. The molecule has 0 aliphatic heterocycles. The van der Waals surface area contributed by atoms with Gasteiger partial charge in [-0.3, -0.25) is 4.79 Å². The van der Waals surface area contributed by atoms with Crippen LogP contribution in [-0.4, -0.2) is 16.1 Å². The monoisotopic (exact) mass is 287 g/mol. The van der Waals surface area contributed by atoms with Crippen LogP contribution >= 0.6 is 0 Å². The molecule has 2 aromatic carbocycles. The molecule has 0 aliphatic rings. The smallest absolute Gasteiger partial charge is 0.310 e. The molecule has 1 atom stereocenters. The van der Waals surface area contributed by atoms with E-state index in [9.17, 15) is 14.3 Å². The van der Waals surface area contributed by atoms with E-state index in [1.165, 1.54) is 6.92 Å². The standard InChI is InChI=1S/C17H14FNO2/c1-10(17(20)21)15-13-4-2-3-5-14(13)19-16(15)11-6-8-12(18)9-7-11/h2-10,19H,1H3,(H,20,21)/i6D,7D,8D,9D. The molecule has 3 aromatic rings. The number of hydrogen-bond acceptors (Lipinski definition) is 1. The molecule has 3 nitrogen and oxygen atoms in total. The van der Waals surface area contributed by atoms with E-state index in [2.05, 4.69) is 4.98 Å². The molecular formula is C17H14FNO2. The zero-order valence-electron chi connectivity index (χ0n) is 15.1. The lowest BCUT2D eigenvalue weighted by molar-refractivity contribution is -0.138. The van der Waals surface area contributed by atoms with E-state index in [-0.39, 0.29) is 11.3 Å². The van der Waals surface area contributed by atoms with Gasteiger partial charge in [0, 0.05) is 10.9 Å². The number of fused-ring (bicyclic) bond motifs is 1. The Bertz CT molecular complexity index is 987. The molecular weight excluding hydrogens is 269 g/mol. The molecule has 0 fully saturated rings. The molecule has 0 aliphatic carbocycles. The van der Waals surface area contributed by atoms with Crippen molar-refractivity contribution in [1.29, 1.82) is 0 Å². The number of halogens is 1. The van der Waals surface area contributed by atoms with E-state index in [1.54, 1.807) is 24.3 Å². The maximum atomic E-state index is 13.8. The van der Waals surface area contributed by atoms with E-state index in [0.717, 1.165) is 0 Å². The molecule has 0 saturated carbocycles. The summed E-state index contributed by atoms with van der Waals surface area (Å²) in [5.41, 5.74) is 0.959. The maximum absolute atomic E-state index is 13.8. The number of H-pyrrole nitrogens is 1. The van der Waals surface area contributed by atoms with Gasteiger partial charge in [-0.1, -0.05) is 18.2 Å². The van der Waals surface area contributed by atoms with Crippen LogP contribution in [0.3, 0.4) is 0 Å². The van der Waals surface area contributed by atoms with Crippen LogP contribution in [0.5, 0.6) is 0 Å². The zero-order chi connectivity index (χ0) is 18.5. The van der Waals surface area contributed by atoms with Gasteiger partial charge >= 0.3 is 5.97 Å². The van der Waals surface area contributed by atoms with E-state index in [0.29, 0.717) is 16.5 Å². The number of aromatic nitrogens is 1. The topological polar surface area (TPSA) is 53.1 Å². The van der Waals surface area contributed by atoms with Crippen LogP contribution in [0, 0.1) is 5.82 Å². The van der Waals surface area contributed by atoms with E-state index >= 15 is 0 Å². The molecule has 0 bridgehead atoms. The van der Waals surface area contributed by atoms with Crippen LogP contribution < -0.4 is 0 Å². The molecule has 106 valence electrons. The molecule has 4 heteroatoms. The van der Waals surface area contributed by atoms with Crippen LogP contribution in [0.1, 0.15) is 23.9 Å². The number of aromatic amines is 1. The summed E-state index contributed by atoms with van der Waals surface area (Å²) < 4.78 is 45.2. The van der Waals surface area contributed by atoms with Crippen molar-refractivity contribution >= 4 is 16.9 Å². The molecule has 0 amide bonds. The second kappa shape index (κ2) is 5.05. The third-order valence-electron chi connectivity index (χ3n) is 3.39. The van der Waals surface area contributed by atoms with Crippen molar-refractivity contribution in [3.63, 3.8) is 0 Å². The number of carboxylic acid groups (broad SMARTS) is 1. The Kier molecular flexibility index (Phi) is 2.25. The van der Waals surface area contributed by atoms with Crippen LogP contribution in [0.25, 0.3) is 22.2 Å². The first-order valence-electron chi connectivity index (χ1n) is 8.35. The summed E-state index contributed by atoms with van der Waals surface area (Å²) in [6, 6.07) is 4.23. The summed E-state index contributed by atoms with van der Waals surface area (Å²) in [6.07, 6.45) is 0. The van der Waals surface area contributed by atoms with E-state index < -0.39 is 41.9 Å². The average Bonchev–Trinajstić information content (AvgIpc) is 2.96.